The molecule has 0 radical (unpaired) electrons. The van der Waals surface area contributed by atoms with E-state index in [9.17, 15) is 0 Å². The maximum Gasteiger partial charge on any atom is 0.0595 e. The SMILES string of the molecule is Cc1cc(NCc2ccc(Br)cn2)ccc1Br. The summed E-state index contributed by atoms with van der Waals surface area (Å²) in [7, 11) is 0. The summed E-state index contributed by atoms with van der Waals surface area (Å²) < 4.78 is 2.13. The molecule has 0 fully saturated rings. The first-order chi connectivity index (χ1) is 8.15. The lowest BCUT2D eigenvalue weighted by Gasteiger charge is -2.07. The number of nitrogens with zero attached hydrogens (tertiary/aromatic N) is 1. The van der Waals surface area contributed by atoms with Gasteiger partial charge in [-0.3, -0.25) is 4.98 Å². The Labute approximate surface area is 118 Å². The highest BCUT2D eigenvalue weighted by Gasteiger charge is 1.98. The third kappa shape index (κ3) is 3.54. The number of halogens is 2. The minimum absolute atomic E-state index is 0.731. The van der Waals surface area contributed by atoms with E-state index in [0.717, 1.165) is 26.9 Å². The van der Waals surface area contributed by atoms with Gasteiger partial charge in [-0.05, 0) is 58.7 Å². The van der Waals surface area contributed by atoms with Crippen molar-refractivity contribution < 1.29 is 0 Å². The molecular weight excluding hydrogens is 344 g/mol. The second-order valence-electron chi connectivity index (χ2n) is 3.79. The van der Waals surface area contributed by atoms with Crippen molar-refractivity contribution >= 4 is 37.5 Å². The first kappa shape index (κ1) is 12.6. The second kappa shape index (κ2) is 5.65. The molecule has 4 heteroatoms. The molecule has 17 heavy (non-hydrogen) atoms. The van der Waals surface area contributed by atoms with Crippen molar-refractivity contribution in [3.05, 3.63) is 56.7 Å². The largest absolute Gasteiger partial charge is 0.379 e. The molecule has 0 spiro atoms. The number of rotatable bonds is 3. The Balaban J connectivity index is 2.02. The molecule has 0 aliphatic rings. The van der Waals surface area contributed by atoms with Crippen molar-refractivity contribution in [2.45, 2.75) is 13.5 Å². The lowest BCUT2D eigenvalue weighted by molar-refractivity contribution is 1.04. The van der Waals surface area contributed by atoms with Crippen LogP contribution in [0.4, 0.5) is 5.69 Å². The Kier molecular flexibility index (Phi) is 4.18. The Hall–Kier alpha value is -0.870. The van der Waals surface area contributed by atoms with Gasteiger partial charge in [0.2, 0.25) is 0 Å². The van der Waals surface area contributed by atoms with Crippen molar-refractivity contribution in [1.82, 2.24) is 4.98 Å². The van der Waals surface area contributed by atoms with Crippen molar-refractivity contribution in [3.8, 4) is 0 Å². The van der Waals surface area contributed by atoms with Crippen LogP contribution in [-0.4, -0.2) is 4.98 Å². The van der Waals surface area contributed by atoms with E-state index in [1.54, 1.807) is 0 Å². The zero-order valence-electron chi connectivity index (χ0n) is 9.37. The highest BCUT2D eigenvalue weighted by Crippen LogP contribution is 2.20. The minimum Gasteiger partial charge on any atom is -0.379 e. The van der Waals surface area contributed by atoms with Crippen molar-refractivity contribution in [3.63, 3.8) is 0 Å². The molecule has 1 N–H and O–H groups in total. The summed E-state index contributed by atoms with van der Waals surface area (Å²) in [6.07, 6.45) is 1.81. The third-order valence-corrected chi connectivity index (χ3v) is 3.78. The fraction of sp³-hybridized carbons (Fsp3) is 0.154. The van der Waals surface area contributed by atoms with Gasteiger partial charge < -0.3 is 5.32 Å². The van der Waals surface area contributed by atoms with Crippen LogP contribution in [0.15, 0.2) is 45.5 Å². The lowest BCUT2D eigenvalue weighted by atomic mass is 10.2. The summed E-state index contributed by atoms with van der Waals surface area (Å²) >= 11 is 6.86. The number of aryl methyl sites for hydroxylation is 1. The summed E-state index contributed by atoms with van der Waals surface area (Å²) in [4.78, 5) is 4.31. The fourth-order valence-electron chi connectivity index (χ4n) is 1.46. The molecule has 88 valence electrons. The van der Waals surface area contributed by atoms with E-state index in [2.05, 4.69) is 61.2 Å². The molecular formula is C13H12Br2N2. The molecule has 1 aromatic carbocycles. The van der Waals surface area contributed by atoms with Crippen LogP contribution in [0.25, 0.3) is 0 Å². The quantitative estimate of drug-likeness (QED) is 0.875. The molecule has 0 saturated carbocycles. The number of hydrogen-bond acceptors (Lipinski definition) is 2. The number of hydrogen-bond donors (Lipinski definition) is 1. The van der Waals surface area contributed by atoms with Crippen molar-refractivity contribution in [1.29, 1.82) is 0 Å². The minimum atomic E-state index is 0.731. The summed E-state index contributed by atoms with van der Waals surface area (Å²) in [5.41, 5.74) is 3.35. The maximum absolute atomic E-state index is 4.31. The van der Waals surface area contributed by atoms with Gasteiger partial charge in [-0.15, -0.1) is 0 Å². The standard InChI is InChI=1S/C13H12Br2N2/c1-9-6-11(4-5-13(9)15)17-8-12-3-2-10(14)7-16-12/h2-7,17H,8H2,1H3. The van der Waals surface area contributed by atoms with Gasteiger partial charge in [0, 0.05) is 20.8 Å². The molecule has 2 rings (SSSR count). The zero-order valence-corrected chi connectivity index (χ0v) is 12.5. The zero-order chi connectivity index (χ0) is 12.3. The average molecular weight is 356 g/mol. The summed E-state index contributed by atoms with van der Waals surface area (Å²) in [6, 6.07) is 10.2. The van der Waals surface area contributed by atoms with Crippen LogP contribution >= 0.6 is 31.9 Å². The van der Waals surface area contributed by atoms with Crippen LogP contribution in [0.3, 0.4) is 0 Å². The van der Waals surface area contributed by atoms with Gasteiger partial charge in [-0.2, -0.15) is 0 Å². The Bertz CT molecular complexity index is 509. The second-order valence-corrected chi connectivity index (χ2v) is 5.56. The van der Waals surface area contributed by atoms with Crippen LogP contribution in [0, 0.1) is 6.92 Å². The van der Waals surface area contributed by atoms with Gasteiger partial charge in [0.15, 0.2) is 0 Å². The third-order valence-electron chi connectivity index (χ3n) is 2.42. The number of benzene rings is 1. The monoisotopic (exact) mass is 354 g/mol. The van der Waals surface area contributed by atoms with Gasteiger partial charge in [-0.1, -0.05) is 15.9 Å². The number of anilines is 1. The van der Waals surface area contributed by atoms with E-state index in [-0.39, 0.29) is 0 Å². The molecule has 1 heterocycles. The number of aromatic nitrogens is 1. The maximum atomic E-state index is 4.31. The molecule has 0 unspecified atom stereocenters. The summed E-state index contributed by atoms with van der Waals surface area (Å²) in [5, 5.41) is 3.35. The van der Waals surface area contributed by atoms with Crippen molar-refractivity contribution in [2.75, 3.05) is 5.32 Å². The molecule has 0 saturated heterocycles. The summed E-state index contributed by atoms with van der Waals surface area (Å²) in [6.45, 7) is 2.81. The molecule has 2 aromatic rings. The Morgan fingerprint density at radius 2 is 2.00 bits per heavy atom. The van der Waals surface area contributed by atoms with Crippen molar-refractivity contribution in [2.24, 2.45) is 0 Å². The molecule has 0 amide bonds. The van der Waals surface area contributed by atoms with E-state index >= 15 is 0 Å². The number of nitrogens with one attached hydrogen (secondary N) is 1. The molecule has 2 nitrogen and oxygen atoms in total. The van der Waals surface area contributed by atoms with Gasteiger partial charge in [0.1, 0.15) is 0 Å². The first-order valence-electron chi connectivity index (χ1n) is 5.25. The highest BCUT2D eigenvalue weighted by atomic mass is 79.9. The van der Waals surface area contributed by atoms with Crippen LogP contribution in [0.2, 0.25) is 0 Å². The topological polar surface area (TPSA) is 24.9 Å². The van der Waals surface area contributed by atoms with E-state index in [1.165, 1.54) is 5.56 Å². The van der Waals surface area contributed by atoms with Gasteiger partial charge in [0.25, 0.3) is 0 Å². The van der Waals surface area contributed by atoms with Gasteiger partial charge in [0.05, 0.1) is 12.2 Å². The highest BCUT2D eigenvalue weighted by molar-refractivity contribution is 9.10. The smallest absolute Gasteiger partial charge is 0.0595 e. The fourth-order valence-corrected chi connectivity index (χ4v) is 1.94. The average Bonchev–Trinajstić information content (AvgIpc) is 2.33. The van der Waals surface area contributed by atoms with E-state index < -0.39 is 0 Å². The first-order valence-corrected chi connectivity index (χ1v) is 6.84. The molecule has 0 aliphatic carbocycles. The molecule has 0 bridgehead atoms. The summed E-state index contributed by atoms with van der Waals surface area (Å²) in [5.74, 6) is 0. The van der Waals surface area contributed by atoms with Crippen LogP contribution in [0.5, 0.6) is 0 Å². The predicted molar refractivity (Wildman–Crippen MR) is 78.1 cm³/mol. The van der Waals surface area contributed by atoms with Crippen LogP contribution < -0.4 is 5.32 Å². The number of pyridine rings is 1. The van der Waals surface area contributed by atoms with E-state index in [4.69, 9.17) is 0 Å². The van der Waals surface area contributed by atoms with Crippen LogP contribution in [-0.2, 0) is 6.54 Å². The normalized spacial score (nSPS) is 10.3. The van der Waals surface area contributed by atoms with Gasteiger partial charge >= 0.3 is 0 Å². The predicted octanol–water partition coefficient (Wildman–Crippen LogP) is 4.53. The lowest BCUT2D eigenvalue weighted by Crippen LogP contribution is -2.01. The van der Waals surface area contributed by atoms with Crippen LogP contribution in [0.1, 0.15) is 11.3 Å². The molecule has 0 atom stereocenters. The molecule has 0 aliphatic heterocycles. The van der Waals surface area contributed by atoms with E-state index in [0.29, 0.717) is 0 Å². The Morgan fingerprint density at radius 3 is 2.65 bits per heavy atom. The Morgan fingerprint density at radius 1 is 1.18 bits per heavy atom. The van der Waals surface area contributed by atoms with E-state index in [1.807, 2.05) is 24.4 Å². The van der Waals surface area contributed by atoms with Gasteiger partial charge in [-0.25, -0.2) is 0 Å². The molecule has 1 aromatic heterocycles.